The van der Waals surface area contributed by atoms with Crippen molar-refractivity contribution in [2.24, 2.45) is 0 Å². The smallest absolute Gasteiger partial charge is 0.228 e. The predicted molar refractivity (Wildman–Crippen MR) is 102 cm³/mol. The van der Waals surface area contributed by atoms with Crippen LogP contribution in [0.1, 0.15) is 19.4 Å². The summed E-state index contributed by atoms with van der Waals surface area (Å²) in [6.45, 7) is 2.84. The normalized spacial score (nSPS) is 10.0. The van der Waals surface area contributed by atoms with Crippen molar-refractivity contribution in [3.8, 4) is 0 Å². The van der Waals surface area contributed by atoms with Crippen molar-refractivity contribution in [3.05, 3.63) is 52.5 Å². The quantitative estimate of drug-likeness (QED) is 0.713. The first-order valence-electron chi connectivity index (χ1n) is 7.57. The summed E-state index contributed by atoms with van der Waals surface area (Å²) in [6, 6.07) is 12.3. The second-order valence-electron chi connectivity index (χ2n) is 5.47. The molecule has 0 unspecified atom stereocenters. The molecule has 0 radical (unpaired) electrons. The number of rotatable bonds is 5. The van der Waals surface area contributed by atoms with Gasteiger partial charge in [-0.05, 0) is 35.9 Å². The Kier molecular flexibility index (Phi) is 6.30. The van der Waals surface area contributed by atoms with E-state index in [9.17, 15) is 14.4 Å². The van der Waals surface area contributed by atoms with Gasteiger partial charge in [0.05, 0.1) is 17.8 Å². The van der Waals surface area contributed by atoms with E-state index in [1.165, 1.54) is 13.8 Å². The Hall–Kier alpha value is -2.67. The highest BCUT2D eigenvalue weighted by Crippen LogP contribution is 2.26. The van der Waals surface area contributed by atoms with E-state index in [-0.39, 0.29) is 24.1 Å². The molecule has 7 heteroatoms. The lowest BCUT2D eigenvalue weighted by molar-refractivity contribution is -0.116. The average Bonchev–Trinajstić information content (AvgIpc) is 2.51. The number of benzene rings is 2. The Morgan fingerprint density at radius 2 is 1.48 bits per heavy atom. The second kappa shape index (κ2) is 8.43. The van der Waals surface area contributed by atoms with Gasteiger partial charge < -0.3 is 16.0 Å². The Bertz CT molecular complexity index is 804. The molecule has 25 heavy (non-hydrogen) atoms. The summed E-state index contributed by atoms with van der Waals surface area (Å²) < 4.78 is 0.788. The number of hydrogen-bond donors (Lipinski definition) is 3. The summed E-state index contributed by atoms with van der Waals surface area (Å²) in [5, 5.41) is 8.15. The fraction of sp³-hybridized carbons (Fsp3) is 0.167. The molecule has 0 fully saturated rings. The van der Waals surface area contributed by atoms with Crippen LogP contribution in [0.3, 0.4) is 0 Å². The molecule has 0 aliphatic carbocycles. The van der Waals surface area contributed by atoms with Gasteiger partial charge in [0.2, 0.25) is 17.7 Å². The lowest BCUT2D eigenvalue weighted by Gasteiger charge is -2.12. The molecule has 0 saturated heterocycles. The van der Waals surface area contributed by atoms with Crippen LogP contribution in [-0.2, 0) is 20.8 Å². The van der Waals surface area contributed by atoms with Crippen molar-refractivity contribution in [2.75, 3.05) is 16.0 Å². The molecule has 0 spiro atoms. The van der Waals surface area contributed by atoms with Crippen LogP contribution in [0.4, 0.5) is 17.1 Å². The number of anilines is 3. The third-order valence-corrected chi connectivity index (χ3v) is 3.70. The predicted octanol–water partition coefficient (Wildman–Crippen LogP) is 3.55. The van der Waals surface area contributed by atoms with Crippen LogP contribution in [-0.4, -0.2) is 17.7 Å². The lowest BCUT2D eigenvalue weighted by Crippen LogP contribution is -2.17. The highest BCUT2D eigenvalue weighted by Gasteiger charge is 2.10. The number of carbonyl (C=O) groups is 3. The monoisotopic (exact) mass is 403 g/mol. The zero-order valence-electron chi connectivity index (χ0n) is 13.9. The molecule has 0 bridgehead atoms. The maximum atomic E-state index is 12.3. The fourth-order valence-corrected chi connectivity index (χ4v) is 2.57. The first-order valence-corrected chi connectivity index (χ1v) is 8.36. The summed E-state index contributed by atoms with van der Waals surface area (Å²) in [5.74, 6) is -0.575. The van der Waals surface area contributed by atoms with E-state index in [0.29, 0.717) is 17.1 Å². The van der Waals surface area contributed by atoms with Crippen molar-refractivity contribution < 1.29 is 14.4 Å². The van der Waals surface area contributed by atoms with E-state index in [0.717, 1.165) is 10.0 Å². The number of hydrogen-bond acceptors (Lipinski definition) is 3. The van der Waals surface area contributed by atoms with Gasteiger partial charge in [-0.1, -0.05) is 28.1 Å². The van der Waals surface area contributed by atoms with Gasteiger partial charge in [0.15, 0.2) is 0 Å². The Labute approximate surface area is 154 Å². The highest BCUT2D eigenvalue weighted by molar-refractivity contribution is 9.10. The molecule has 0 aromatic heterocycles. The first kappa shape index (κ1) is 18.7. The van der Waals surface area contributed by atoms with E-state index in [4.69, 9.17) is 0 Å². The van der Waals surface area contributed by atoms with Crippen LogP contribution in [0.25, 0.3) is 0 Å². The zero-order chi connectivity index (χ0) is 18.4. The summed E-state index contributed by atoms with van der Waals surface area (Å²) in [5.41, 5.74) is 2.54. The molecule has 0 saturated carbocycles. The average molecular weight is 404 g/mol. The summed E-state index contributed by atoms with van der Waals surface area (Å²) >= 11 is 3.35. The molecule has 2 aromatic carbocycles. The molecule has 2 rings (SSSR count). The van der Waals surface area contributed by atoms with Crippen molar-refractivity contribution in [2.45, 2.75) is 20.3 Å². The SMILES string of the molecule is CC(=O)Nc1ccc(CC(=O)Nc2cc(Br)ccc2NC(C)=O)cc1. The lowest BCUT2D eigenvalue weighted by atomic mass is 10.1. The van der Waals surface area contributed by atoms with Crippen molar-refractivity contribution in [1.29, 1.82) is 0 Å². The van der Waals surface area contributed by atoms with Gasteiger partial charge in [-0.25, -0.2) is 0 Å². The number of halogens is 1. The summed E-state index contributed by atoms with van der Waals surface area (Å²) in [4.78, 5) is 34.6. The van der Waals surface area contributed by atoms with Crippen LogP contribution in [0.2, 0.25) is 0 Å². The van der Waals surface area contributed by atoms with Gasteiger partial charge in [-0.2, -0.15) is 0 Å². The summed E-state index contributed by atoms with van der Waals surface area (Å²) in [6.07, 6.45) is 0.173. The molecule has 0 aliphatic heterocycles. The third-order valence-electron chi connectivity index (χ3n) is 3.21. The Morgan fingerprint density at radius 1 is 0.840 bits per heavy atom. The third kappa shape index (κ3) is 6.04. The minimum Gasteiger partial charge on any atom is -0.326 e. The minimum absolute atomic E-state index is 0.148. The van der Waals surface area contributed by atoms with Crippen molar-refractivity contribution >= 4 is 50.7 Å². The highest BCUT2D eigenvalue weighted by atomic mass is 79.9. The van der Waals surface area contributed by atoms with Gasteiger partial charge >= 0.3 is 0 Å². The largest absolute Gasteiger partial charge is 0.326 e. The van der Waals surface area contributed by atoms with Gasteiger partial charge in [0.1, 0.15) is 0 Å². The summed E-state index contributed by atoms with van der Waals surface area (Å²) in [7, 11) is 0. The van der Waals surface area contributed by atoms with Gasteiger partial charge in [-0.15, -0.1) is 0 Å². The van der Waals surface area contributed by atoms with Crippen molar-refractivity contribution in [1.82, 2.24) is 0 Å². The molecular weight excluding hydrogens is 386 g/mol. The van der Waals surface area contributed by atoms with E-state index >= 15 is 0 Å². The zero-order valence-corrected chi connectivity index (χ0v) is 15.4. The Morgan fingerprint density at radius 3 is 2.08 bits per heavy atom. The minimum atomic E-state index is -0.216. The van der Waals surface area contributed by atoms with Gasteiger partial charge in [-0.3, -0.25) is 14.4 Å². The molecule has 3 amide bonds. The molecule has 3 N–H and O–H groups in total. The van der Waals surface area contributed by atoms with Crippen LogP contribution >= 0.6 is 15.9 Å². The molecule has 0 atom stereocenters. The number of amides is 3. The van der Waals surface area contributed by atoms with E-state index in [1.54, 1.807) is 42.5 Å². The van der Waals surface area contributed by atoms with E-state index in [2.05, 4.69) is 31.9 Å². The van der Waals surface area contributed by atoms with Crippen molar-refractivity contribution in [3.63, 3.8) is 0 Å². The maximum Gasteiger partial charge on any atom is 0.228 e. The molecule has 0 heterocycles. The molecule has 0 aliphatic rings. The molecular formula is C18H18BrN3O3. The fourth-order valence-electron chi connectivity index (χ4n) is 2.21. The topological polar surface area (TPSA) is 87.3 Å². The molecule has 2 aromatic rings. The Balaban J connectivity index is 2.06. The number of nitrogens with one attached hydrogen (secondary N) is 3. The number of carbonyl (C=O) groups excluding carboxylic acids is 3. The van der Waals surface area contributed by atoms with Crippen LogP contribution in [0.5, 0.6) is 0 Å². The van der Waals surface area contributed by atoms with E-state index in [1.807, 2.05) is 0 Å². The van der Waals surface area contributed by atoms with Crippen LogP contribution < -0.4 is 16.0 Å². The standard InChI is InChI=1S/C18H18BrN3O3/c1-11(23)20-15-6-3-13(4-7-15)9-18(25)22-17-10-14(19)5-8-16(17)21-12(2)24/h3-8,10H,9H2,1-2H3,(H,20,23)(H,21,24)(H,22,25). The van der Waals surface area contributed by atoms with Gasteiger partial charge in [0, 0.05) is 24.0 Å². The molecule has 6 nitrogen and oxygen atoms in total. The first-order chi connectivity index (χ1) is 11.8. The molecule has 130 valence electrons. The second-order valence-corrected chi connectivity index (χ2v) is 6.39. The maximum absolute atomic E-state index is 12.3. The van der Waals surface area contributed by atoms with Crippen LogP contribution in [0, 0.1) is 0 Å². The van der Waals surface area contributed by atoms with Crippen LogP contribution in [0.15, 0.2) is 46.9 Å². The van der Waals surface area contributed by atoms with E-state index < -0.39 is 0 Å². The van der Waals surface area contributed by atoms with Gasteiger partial charge in [0.25, 0.3) is 0 Å².